The quantitative estimate of drug-likeness (QED) is 0.818. The molecule has 0 saturated carbocycles. The van der Waals surface area contributed by atoms with Crippen molar-refractivity contribution < 1.29 is 19.1 Å². The van der Waals surface area contributed by atoms with E-state index in [1.54, 1.807) is 30.3 Å². The SMILES string of the molecule is CCOc1cccc(C(=O)Nc2sc(CC)cc2C(=O)OC)c1. The van der Waals surface area contributed by atoms with Gasteiger partial charge in [-0.25, -0.2) is 4.79 Å². The lowest BCUT2D eigenvalue weighted by atomic mass is 10.2. The van der Waals surface area contributed by atoms with Crippen LogP contribution in [0.1, 0.15) is 39.4 Å². The highest BCUT2D eigenvalue weighted by atomic mass is 32.1. The van der Waals surface area contributed by atoms with Crippen LogP contribution in [0.3, 0.4) is 0 Å². The van der Waals surface area contributed by atoms with Gasteiger partial charge in [0.2, 0.25) is 0 Å². The van der Waals surface area contributed by atoms with E-state index in [2.05, 4.69) is 5.32 Å². The van der Waals surface area contributed by atoms with E-state index in [1.165, 1.54) is 18.4 Å². The van der Waals surface area contributed by atoms with Gasteiger partial charge >= 0.3 is 5.97 Å². The minimum absolute atomic E-state index is 0.291. The molecule has 0 atom stereocenters. The first kappa shape index (κ1) is 17.0. The number of carbonyl (C=O) groups excluding carboxylic acids is 2. The van der Waals surface area contributed by atoms with Gasteiger partial charge in [0.15, 0.2) is 0 Å². The second-order valence-corrected chi connectivity index (χ2v) is 5.85. The number of carbonyl (C=O) groups is 2. The van der Waals surface area contributed by atoms with E-state index in [0.717, 1.165) is 11.3 Å². The molecule has 122 valence electrons. The molecule has 1 aromatic heterocycles. The maximum Gasteiger partial charge on any atom is 0.340 e. The zero-order valence-electron chi connectivity index (χ0n) is 13.3. The molecule has 5 nitrogen and oxygen atoms in total. The number of thiophene rings is 1. The number of esters is 1. The average molecular weight is 333 g/mol. The lowest BCUT2D eigenvalue weighted by molar-refractivity contribution is 0.0602. The first-order valence-corrected chi connectivity index (χ1v) is 8.15. The molecule has 1 N–H and O–H groups in total. The van der Waals surface area contributed by atoms with Gasteiger partial charge in [0.05, 0.1) is 19.3 Å². The van der Waals surface area contributed by atoms with Crippen LogP contribution in [0.15, 0.2) is 30.3 Å². The molecule has 0 saturated heterocycles. The Morgan fingerprint density at radius 2 is 2.00 bits per heavy atom. The molecule has 1 amide bonds. The van der Waals surface area contributed by atoms with Crippen molar-refractivity contribution in [2.24, 2.45) is 0 Å². The summed E-state index contributed by atoms with van der Waals surface area (Å²) in [6, 6.07) is 8.67. The molecule has 0 bridgehead atoms. The van der Waals surface area contributed by atoms with Crippen molar-refractivity contribution in [2.75, 3.05) is 19.0 Å². The highest BCUT2D eigenvalue weighted by molar-refractivity contribution is 7.16. The topological polar surface area (TPSA) is 64.6 Å². The van der Waals surface area contributed by atoms with Gasteiger partial charge in [0, 0.05) is 10.4 Å². The summed E-state index contributed by atoms with van der Waals surface area (Å²) in [7, 11) is 1.32. The summed E-state index contributed by atoms with van der Waals surface area (Å²) >= 11 is 1.38. The summed E-state index contributed by atoms with van der Waals surface area (Å²) in [4.78, 5) is 25.3. The van der Waals surface area contributed by atoms with Crippen molar-refractivity contribution in [3.63, 3.8) is 0 Å². The maximum atomic E-state index is 12.4. The van der Waals surface area contributed by atoms with Gasteiger partial charge in [0.25, 0.3) is 5.91 Å². The Balaban J connectivity index is 2.24. The molecular weight excluding hydrogens is 314 g/mol. The second-order valence-electron chi connectivity index (χ2n) is 4.72. The predicted molar refractivity (Wildman–Crippen MR) is 90.6 cm³/mol. The molecule has 0 aliphatic carbocycles. The molecule has 23 heavy (non-hydrogen) atoms. The van der Waals surface area contributed by atoms with Crippen molar-refractivity contribution in [1.82, 2.24) is 0 Å². The standard InChI is InChI=1S/C17H19NO4S/c1-4-13-10-14(17(20)21-3)16(23-13)18-15(19)11-7-6-8-12(9-11)22-5-2/h6-10H,4-5H2,1-3H3,(H,18,19). The van der Waals surface area contributed by atoms with Crippen LogP contribution >= 0.6 is 11.3 Å². The minimum atomic E-state index is -0.459. The van der Waals surface area contributed by atoms with Gasteiger partial charge in [-0.2, -0.15) is 0 Å². The van der Waals surface area contributed by atoms with Gasteiger partial charge in [-0.15, -0.1) is 11.3 Å². The Kier molecular flexibility index (Phi) is 5.76. The number of hydrogen-bond donors (Lipinski definition) is 1. The first-order chi connectivity index (χ1) is 11.1. The lowest BCUT2D eigenvalue weighted by Gasteiger charge is -2.07. The van der Waals surface area contributed by atoms with Crippen molar-refractivity contribution in [3.05, 3.63) is 46.3 Å². The number of aryl methyl sites for hydroxylation is 1. The summed E-state index contributed by atoms with van der Waals surface area (Å²) in [6.07, 6.45) is 0.782. The normalized spacial score (nSPS) is 10.2. The maximum absolute atomic E-state index is 12.4. The van der Waals surface area contributed by atoms with E-state index < -0.39 is 5.97 Å². The van der Waals surface area contributed by atoms with Gasteiger partial charge in [-0.05, 0) is 37.6 Å². The Morgan fingerprint density at radius 3 is 2.65 bits per heavy atom. The van der Waals surface area contributed by atoms with E-state index in [0.29, 0.717) is 28.5 Å². The fraction of sp³-hybridized carbons (Fsp3) is 0.294. The molecule has 6 heteroatoms. The van der Waals surface area contributed by atoms with E-state index in [9.17, 15) is 9.59 Å². The highest BCUT2D eigenvalue weighted by Gasteiger charge is 2.18. The van der Waals surface area contributed by atoms with Crippen LogP contribution in [0, 0.1) is 0 Å². The Bertz CT molecular complexity index is 708. The number of methoxy groups -OCH3 is 1. The zero-order chi connectivity index (χ0) is 16.8. The smallest absolute Gasteiger partial charge is 0.340 e. The van der Waals surface area contributed by atoms with Gasteiger partial charge in [-0.3, -0.25) is 4.79 Å². The molecule has 0 radical (unpaired) electrons. The zero-order valence-corrected chi connectivity index (χ0v) is 14.2. The van der Waals surface area contributed by atoms with E-state index in [1.807, 2.05) is 13.8 Å². The molecule has 0 unspecified atom stereocenters. The molecule has 2 aromatic rings. The third-order valence-corrected chi connectivity index (χ3v) is 4.37. The summed E-state index contributed by atoms with van der Waals surface area (Å²) in [5.74, 6) is -0.116. The third-order valence-electron chi connectivity index (χ3n) is 3.17. The number of hydrogen-bond acceptors (Lipinski definition) is 5. The van der Waals surface area contributed by atoms with Crippen molar-refractivity contribution in [3.8, 4) is 5.75 Å². The summed E-state index contributed by atoms with van der Waals surface area (Å²) in [6.45, 7) is 4.40. The van der Waals surface area contributed by atoms with Crippen molar-refractivity contribution in [1.29, 1.82) is 0 Å². The lowest BCUT2D eigenvalue weighted by Crippen LogP contribution is -2.13. The van der Waals surface area contributed by atoms with E-state index >= 15 is 0 Å². The molecule has 2 rings (SSSR count). The van der Waals surface area contributed by atoms with Crippen molar-refractivity contribution in [2.45, 2.75) is 20.3 Å². The van der Waals surface area contributed by atoms with E-state index in [-0.39, 0.29) is 5.91 Å². The number of anilines is 1. The molecule has 0 fully saturated rings. The van der Waals surface area contributed by atoms with Crippen LogP contribution in [-0.4, -0.2) is 25.6 Å². The Morgan fingerprint density at radius 1 is 1.22 bits per heavy atom. The van der Waals surface area contributed by atoms with Gasteiger partial charge in [-0.1, -0.05) is 13.0 Å². The average Bonchev–Trinajstić information content (AvgIpc) is 2.97. The molecule has 0 spiro atoms. The Labute approximate surface area is 139 Å². The monoisotopic (exact) mass is 333 g/mol. The molecular formula is C17H19NO4S. The molecule has 1 aromatic carbocycles. The molecule has 0 aliphatic heterocycles. The number of benzene rings is 1. The largest absolute Gasteiger partial charge is 0.494 e. The third kappa shape index (κ3) is 4.10. The van der Waals surface area contributed by atoms with Gasteiger partial charge < -0.3 is 14.8 Å². The number of ether oxygens (including phenoxy) is 2. The predicted octanol–water partition coefficient (Wildman–Crippen LogP) is 3.75. The summed E-state index contributed by atoms with van der Waals surface area (Å²) < 4.78 is 10.2. The Hall–Kier alpha value is -2.34. The highest BCUT2D eigenvalue weighted by Crippen LogP contribution is 2.30. The van der Waals surface area contributed by atoms with Crippen LogP contribution in [0.25, 0.3) is 0 Å². The number of nitrogens with one attached hydrogen (secondary N) is 1. The fourth-order valence-electron chi connectivity index (χ4n) is 2.04. The molecule has 1 heterocycles. The van der Waals surface area contributed by atoms with Crippen LogP contribution in [0.5, 0.6) is 5.75 Å². The second kappa shape index (κ2) is 7.78. The van der Waals surface area contributed by atoms with Crippen LogP contribution in [-0.2, 0) is 11.2 Å². The first-order valence-electron chi connectivity index (χ1n) is 7.34. The van der Waals surface area contributed by atoms with Crippen LogP contribution < -0.4 is 10.1 Å². The fourth-order valence-corrected chi connectivity index (χ4v) is 3.02. The van der Waals surface area contributed by atoms with E-state index in [4.69, 9.17) is 9.47 Å². The number of rotatable bonds is 6. The molecule has 0 aliphatic rings. The summed E-state index contributed by atoms with van der Waals surface area (Å²) in [5.41, 5.74) is 0.849. The minimum Gasteiger partial charge on any atom is -0.494 e. The van der Waals surface area contributed by atoms with Crippen LogP contribution in [0.2, 0.25) is 0 Å². The van der Waals surface area contributed by atoms with Crippen LogP contribution in [0.4, 0.5) is 5.00 Å². The number of amides is 1. The summed E-state index contributed by atoms with van der Waals surface area (Å²) in [5, 5.41) is 3.29. The van der Waals surface area contributed by atoms with Gasteiger partial charge in [0.1, 0.15) is 10.8 Å². The van der Waals surface area contributed by atoms with Crippen molar-refractivity contribution >= 4 is 28.2 Å².